The lowest BCUT2D eigenvalue weighted by Gasteiger charge is -2.16. The van der Waals surface area contributed by atoms with Gasteiger partial charge in [-0.25, -0.2) is 15.0 Å². The lowest BCUT2D eigenvalue weighted by molar-refractivity contribution is 0.232. The molecule has 0 spiro atoms. The summed E-state index contributed by atoms with van der Waals surface area (Å²) in [6, 6.07) is 1.89. The van der Waals surface area contributed by atoms with Crippen molar-refractivity contribution in [2.45, 2.75) is 39.3 Å². The quantitative estimate of drug-likeness (QED) is 0.835. The van der Waals surface area contributed by atoms with Gasteiger partial charge in [-0.15, -0.1) is 0 Å². The van der Waals surface area contributed by atoms with E-state index in [4.69, 9.17) is 4.74 Å². The summed E-state index contributed by atoms with van der Waals surface area (Å²) in [7, 11) is 0. The Morgan fingerprint density at radius 2 is 2.16 bits per heavy atom. The number of aromatic amines is 1. The maximum absolute atomic E-state index is 5.55. The summed E-state index contributed by atoms with van der Waals surface area (Å²) in [6.45, 7) is 6.02. The van der Waals surface area contributed by atoms with E-state index in [9.17, 15) is 0 Å². The molecule has 2 rings (SSSR count). The molecule has 2 aromatic rings. The predicted octanol–water partition coefficient (Wildman–Crippen LogP) is 2.55. The topological polar surface area (TPSA) is 75.7 Å². The molecule has 0 aliphatic carbocycles. The summed E-state index contributed by atoms with van der Waals surface area (Å²) < 4.78 is 5.55. The van der Waals surface area contributed by atoms with Crippen LogP contribution in [0.1, 0.15) is 39.1 Å². The molecule has 1 atom stereocenters. The summed E-state index contributed by atoms with van der Waals surface area (Å²) >= 11 is 0. The second kappa shape index (κ2) is 6.17. The smallest absolute Gasteiger partial charge is 0.218 e. The maximum Gasteiger partial charge on any atom is 0.218 e. The average molecular weight is 261 g/mol. The Hall–Kier alpha value is -2.11. The number of H-pyrrole nitrogens is 1. The molecule has 2 heterocycles. The third-order valence-electron chi connectivity index (χ3n) is 2.58. The highest BCUT2D eigenvalue weighted by Crippen LogP contribution is 2.20. The first-order valence-electron chi connectivity index (χ1n) is 6.43. The zero-order chi connectivity index (χ0) is 13.7. The first-order valence-corrected chi connectivity index (χ1v) is 6.43. The molecule has 0 aliphatic rings. The molecule has 19 heavy (non-hydrogen) atoms. The molecule has 0 aromatic carbocycles. The molecular weight excluding hydrogens is 242 g/mol. The molecule has 1 unspecified atom stereocenters. The van der Waals surface area contributed by atoms with Gasteiger partial charge < -0.3 is 15.0 Å². The Morgan fingerprint density at radius 1 is 1.32 bits per heavy atom. The molecule has 0 amide bonds. The zero-order valence-electron chi connectivity index (χ0n) is 11.4. The van der Waals surface area contributed by atoms with Crippen molar-refractivity contribution in [3.8, 4) is 5.88 Å². The van der Waals surface area contributed by atoms with Crippen LogP contribution in [0.15, 0.2) is 24.8 Å². The van der Waals surface area contributed by atoms with Crippen LogP contribution in [0.4, 0.5) is 5.82 Å². The molecule has 2 aromatic heterocycles. The van der Waals surface area contributed by atoms with Crippen LogP contribution in [0.5, 0.6) is 5.88 Å². The number of nitrogens with one attached hydrogen (secondary N) is 2. The van der Waals surface area contributed by atoms with Crippen LogP contribution in [0.25, 0.3) is 0 Å². The summed E-state index contributed by atoms with van der Waals surface area (Å²) in [5, 5.41) is 3.32. The zero-order valence-corrected chi connectivity index (χ0v) is 11.4. The molecule has 0 saturated carbocycles. The molecule has 0 saturated heterocycles. The van der Waals surface area contributed by atoms with E-state index in [0.29, 0.717) is 5.88 Å². The molecule has 0 fully saturated rings. The van der Waals surface area contributed by atoms with Gasteiger partial charge in [-0.05, 0) is 20.3 Å². The Morgan fingerprint density at radius 3 is 2.79 bits per heavy atom. The van der Waals surface area contributed by atoms with Crippen molar-refractivity contribution in [2.75, 3.05) is 5.32 Å². The van der Waals surface area contributed by atoms with E-state index >= 15 is 0 Å². The van der Waals surface area contributed by atoms with Crippen molar-refractivity contribution < 1.29 is 4.74 Å². The van der Waals surface area contributed by atoms with Crippen LogP contribution >= 0.6 is 0 Å². The predicted molar refractivity (Wildman–Crippen MR) is 73.0 cm³/mol. The molecule has 102 valence electrons. The van der Waals surface area contributed by atoms with E-state index in [1.165, 1.54) is 6.33 Å². The van der Waals surface area contributed by atoms with Crippen molar-refractivity contribution >= 4 is 5.82 Å². The highest BCUT2D eigenvalue weighted by atomic mass is 16.5. The van der Waals surface area contributed by atoms with Gasteiger partial charge in [0.2, 0.25) is 5.88 Å². The van der Waals surface area contributed by atoms with Crippen LogP contribution in [0, 0.1) is 0 Å². The highest BCUT2D eigenvalue weighted by molar-refractivity contribution is 5.39. The number of anilines is 1. The van der Waals surface area contributed by atoms with E-state index in [1.807, 2.05) is 20.0 Å². The summed E-state index contributed by atoms with van der Waals surface area (Å²) in [6.07, 6.45) is 6.04. The fourth-order valence-electron chi connectivity index (χ4n) is 1.73. The number of nitrogens with zero attached hydrogens (tertiary/aromatic N) is 3. The molecule has 6 heteroatoms. The van der Waals surface area contributed by atoms with Crippen molar-refractivity contribution in [3.63, 3.8) is 0 Å². The maximum atomic E-state index is 5.55. The largest absolute Gasteiger partial charge is 0.475 e. The van der Waals surface area contributed by atoms with Gasteiger partial charge in [-0.1, -0.05) is 6.92 Å². The van der Waals surface area contributed by atoms with E-state index in [2.05, 4.69) is 32.2 Å². The van der Waals surface area contributed by atoms with Crippen LogP contribution in [-0.2, 0) is 0 Å². The summed E-state index contributed by atoms with van der Waals surface area (Å²) in [4.78, 5) is 15.6. The fourth-order valence-corrected chi connectivity index (χ4v) is 1.73. The molecule has 6 nitrogen and oxygen atoms in total. The third kappa shape index (κ3) is 3.67. The van der Waals surface area contributed by atoms with Gasteiger partial charge >= 0.3 is 0 Å². The second-order valence-corrected chi connectivity index (χ2v) is 4.49. The summed E-state index contributed by atoms with van der Waals surface area (Å²) in [5.74, 6) is 2.20. The lowest BCUT2D eigenvalue weighted by Crippen LogP contribution is -2.13. The Kier molecular flexibility index (Phi) is 4.33. The number of aromatic nitrogens is 4. The fraction of sp³-hybridized carbons (Fsp3) is 0.462. The number of imidazole rings is 1. The van der Waals surface area contributed by atoms with E-state index in [-0.39, 0.29) is 12.1 Å². The van der Waals surface area contributed by atoms with Gasteiger partial charge in [0.15, 0.2) is 0 Å². The monoisotopic (exact) mass is 261 g/mol. The standard InChI is InChI=1S/C13H19N5O/c1-4-10(13-14-5-6-15-13)18-11-7-12(17-8-16-11)19-9(2)3/h5-10H,4H2,1-3H3,(H,14,15)(H,16,17,18). The van der Waals surface area contributed by atoms with Gasteiger partial charge in [0.25, 0.3) is 0 Å². The first kappa shape index (κ1) is 13.3. The Labute approximate surface area is 112 Å². The van der Waals surface area contributed by atoms with Crippen LogP contribution in [-0.4, -0.2) is 26.0 Å². The SMILES string of the molecule is CCC(Nc1cc(OC(C)C)ncn1)c1ncc[nH]1. The second-order valence-electron chi connectivity index (χ2n) is 4.49. The third-order valence-corrected chi connectivity index (χ3v) is 2.58. The number of hydrogen-bond donors (Lipinski definition) is 2. The number of ether oxygens (including phenoxy) is 1. The van der Waals surface area contributed by atoms with Crippen molar-refractivity contribution in [2.24, 2.45) is 0 Å². The van der Waals surface area contributed by atoms with Crippen molar-refractivity contribution in [1.29, 1.82) is 0 Å². The minimum Gasteiger partial charge on any atom is -0.475 e. The minimum absolute atomic E-state index is 0.0924. The first-order chi connectivity index (χ1) is 9.19. The van der Waals surface area contributed by atoms with Crippen molar-refractivity contribution in [1.82, 2.24) is 19.9 Å². The van der Waals surface area contributed by atoms with Gasteiger partial charge in [0.1, 0.15) is 18.0 Å². The van der Waals surface area contributed by atoms with Gasteiger partial charge in [-0.3, -0.25) is 0 Å². The lowest BCUT2D eigenvalue weighted by atomic mass is 10.2. The Balaban J connectivity index is 2.09. The van der Waals surface area contributed by atoms with Gasteiger partial charge in [0.05, 0.1) is 12.1 Å². The van der Waals surface area contributed by atoms with Gasteiger partial charge in [0, 0.05) is 18.5 Å². The Bertz CT molecular complexity index is 497. The highest BCUT2D eigenvalue weighted by Gasteiger charge is 2.12. The molecule has 2 N–H and O–H groups in total. The number of rotatable bonds is 6. The molecule has 0 aliphatic heterocycles. The number of hydrogen-bond acceptors (Lipinski definition) is 5. The molecular formula is C13H19N5O. The van der Waals surface area contributed by atoms with Crippen LogP contribution in [0.2, 0.25) is 0 Å². The van der Waals surface area contributed by atoms with E-state index in [1.54, 1.807) is 12.3 Å². The minimum atomic E-state index is 0.0924. The summed E-state index contributed by atoms with van der Waals surface area (Å²) in [5.41, 5.74) is 0. The van der Waals surface area contributed by atoms with Crippen LogP contribution < -0.4 is 10.1 Å². The molecule has 0 radical (unpaired) electrons. The van der Waals surface area contributed by atoms with E-state index in [0.717, 1.165) is 18.1 Å². The van der Waals surface area contributed by atoms with E-state index < -0.39 is 0 Å². The van der Waals surface area contributed by atoms with Crippen molar-refractivity contribution in [3.05, 3.63) is 30.6 Å². The average Bonchev–Trinajstić information content (AvgIpc) is 2.89. The normalized spacial score (nSPS) is 12.4. The van der Waals surface area contributed by atoms with Gasteiger partial charge in [-0.2, -0.15) is 0 Å². The van der Waals surface area contributed by atoms with Crippen LogP contribution in [0.3, 0.4) is 0 Å². The molecule has 0 bridgehead atoms.